The SMILES string of the molecule is CC1(C)CCC(C)(C)c2c1ccc1c3c(sc21)N(c1ccccc1-c1ccccc1)c1cc(Cl)cc2c1B3c1cc3c(cc1N2c1ccccc1)C1(C)CCCCC1(C)S3.CC1(C)CCC(C)(C)c2c1ccc1cc(N(c3cc(Cl)cc(N(c4ccccc4)c4ccc5c(c4)C4(C)CCCCC4(C)S5)c3)c3ccccc3-c3ccccc3)sc21.IB(I)I. The molecule has 2 fully saturated rings. The summed E-state index contributed by atoms with van der Waals surface area (Å²) in [5.74, 6) is 0. The molecule has 8 aliphatic rings. The summed E-state index contributed by atoms with van der Waals surface area (Å²) in [5, 5.41) is 6.64. The Morgan fingerprint density at radius 2 is 0.878 bits per heavy atom. The number of benzene rings is 12. The molecule has 6 heterocycles. The molecule has 0 saturated heterocycles. The van der Waals surface area contributed by atoms with Crippen LogP contribution < -0.4 is 36.0 Å². The predicted octanol–water partition coefficient (Wildman–Crippen LogP) is 33.8. The number of anilines is 12. The summed E-state index contributed by atoms with van der Waals surface area (Å²) in [7, 11) is 0. The van der Waals surface area contributed by atoms with Crippen molar-refractivity contribution < 1.29 is 0 Å². The van der Waals surface area contributed by atoms with Crippen LogP contribution in [0.2, 0.25) is 10.0 Å². The largest absolute Gasteiger partial charge is 0.355 e. The van der Waals surface area contributed by atoms with Gasteiger partial charge in [-0.05, 0) is 256 Å². The zero-order valence-electron chi connectivity index (χ0n) is 72.3. The molecule has 12 aromatic carbocycles. The Morgan fingerprint density at radius 3 is 1.51 bits per heavy atom. The van der Waals surface area contributed by atoms with Gasteiger partial charge in [0.05, 0.1) is 22.1 Å². The number of hydrogen-bond donors (Lipinski definition) is 0. The number of fused-ring (bicyclic) bond motifs is 17. The van der Waals surface area contributed by atoms with Gasteiger partial charge in [-0.15, -0.1) is 113 Å². The molecule has 14 aromatic rings. The second-order valence-corrected chi connectivity index (χ2v) is 55.9. The molecule has 2 aromatic heterocycles. The standard InChI is InChI=1S/C54H50BClN2S2.C54H53ClN2S2.BI3/c1-51(2)27-28-52(3,4)46-38(51)24-23-37-47-50(59-49(37)46)58(41-22-14-13-21-36(41)33-17-9-7-10-18-33)44-30-34(56)29-43-48(44)55(47)40-32-45-39(53(5)25-15-16-26-54(53,6)60-45)31-42(40)57(43)35-19-11-8-12-20-35;1-51(2)29-30-52(3,4)49-44(51)25-23-37-31-48(58-50(37)49)57(46-22-14-13-21-43(46)36-17-9-7-10-18-36)42-33-38(55)32-41(34-42)56(39-19-11-8-12-20-39)40-24-26-47-45(35-40)53(5)27-15-16-28-54(53,6)59-47;2-1(3)4/h7-14,17-24,29-32H,15-16,25-28H2,1-6H3;7-14,17-26,31-35H,15-16,27-30H2,1-6H3;. The predicted molar refractivity (Wildman–Crippen MR) is 566 cm³/mol. The van der Waals surface area contributed by atoms with Crippen molar-refractivity contribution in [3.63, 3.8) is 0 Å². The summed E-state index contributed by atoms with van der Waals surface area (Å²) in [5.41, 5.74) is 30.1. The summed E-state index contributed by atoms with van der Waals surface area (Å²) in [6.45, 7) is 29.8. The van der Waals surface area contributed by atoms with Crippen LogP contribution in [-0.2, 0) is 32.5 Å². The maximum atomic E-state index is 7.46. The van der Waals surface area contributed by atoms with Crippen LogP contribution in [0.1, 0.15) is 194 Å². The van der Waals surface area contributed by atoms with Gasteiger partial charge in [-0.25, -0.2) is 0 Å². The van der Waals surface area contributed by atoms with E-state index in [2.05, 4.69) is 454 Å². The van der Waals surface area contributed by atoms with Gasteiger partial charge in [-0.1, -0.05) is 282 Å². The van der Waals surface area contributed by atoms with E-state index in [-0.39, 0.29) is 48.7 Å². The van der Waals surface area contributed by atoms with Gasteiger partial charge in [0.15, 0.2) is 0 Å². The lowest BCUT2D eigenvalue weighted by Gasteiger charge is -2.46. The first-order valence-electron chi connectivity index (χ1n) is 44.0. The van der Waals surface area contributed by atoms with Gasteiger partial charge in [0.25, 0.3) is 6.71 Å². The van der Waals surface area contributed by atoms with Crippen molar-refractivity contribution in [1.82, 2.24) is 0 Å². The fourth-order valence-electron chi connectivity index (χ4n) is 22.7. The second-order valence-electron chi connectivity index (χ2n) is 39.0. The number of para-hydroxylation sites is 4. The molecule has 15 heteroatoms. The van der Waals surface area contributed by atoms with Crippen LogP contribution >= 0.6 is 137 Å². The third-order valence-electron chi connectivity index (χ3n) is 29.8. The van der Waals surface area contributed by atoms with Crippen molar-refractivity contribution in [1.29, 1.82) is 0 Å². The molecule has 4 aliphatic heterocycles. The van der Waals surface area contributed by atoms with Crippen LogP contribution in [0, 0.1) is 0 Å². The van der Waals surface area contributed by atoms with E-state index in [1.807, 2.05) is 22.7 Å². The first-order chi connectivity index (χ1) is 59.0. The molecular weight excluding hydrogens is 1950 g/mol. The number of hydrogen-bond acceptors (Lipinski definition) is 8. The molecule has 4 aliphatic carbocycles. The Morgan fingerprint density at radius 1 is 0.374 bits per heavy atom. The smallest absolute Gasteiger partial charge is 0.311 e. The zero-order chi connectivity index (χ0) is 85.2. The summed E-state index contributed by atoms with van der Waals surface area (Å²) < 4.78 is 3.98. The monoisotopic (exact) mass is 2060 g/mol. The molecule has 0 N–H and O–H groups in total. The average Bonchev–Trinajstić information content (AvgIpc) is 1.61. The lowest BCUT2D eigenvalue weighted by atomic mass is 9.33. The van der Waals surface area contributed by atoms with Crippen molar-refractivity contribution in [3.05, 3.63) is 304 Å². The number of halogens is 5. The first-order valence-corrected chi connectivity index (χ1v) is 51.8. The minimum absolute atomic E-state index is 0.0259. The number of thioether (sulfide) groups is 2. The number of rotatable bonds is 10. The average molecular weight is 2060 g/mol. The van der Waals surface area contributed by atoms with Gasteiger partial charge < -0.3 is 19.6 Å². The van der Waals surface area contributed by atoms with E-state index in [4.69, 9.17) is 23.2 Å². The van der Waals surface area contributed by atoms with E-state index in [9.17, 15) is 0 Å². The van der Waals surface area contributed by atoms with Crippen molar-refractivity contribution in [2.24, 2.45) is 0 Å². The summed E-state index contributed by atoms with van der Waals surface area (Å²) in [6, 6.07) is 97.3. The van der Waals surface area contributed by atoms with Gasteiger partial charge >= 0.3 is 0.282 Å². The number of thiophene rings is 2. The summed E-state index contributed by atoms with van der Waals surface area (Å²) in [4.78, 5) is 12.9. The maximum absolute atomic E-state index is 7.46. The molecule has 0 bridgehead atoms. The molecule has 0 radical (unpaired) electrons. The van der Waals surface area contributed by atoms with Crippen LogP contribution in [0.15, 0.2) is 271 Å². The van der Waals surface area contributed by atoms with Crippen molar-refractivity contribution >= 4 is 247 Å². The summed E-state index contributed by atoms with van der Waals surface area (Å²) >= 11 is 30.0. The minimum atomic E-state index is 0.0259. The van der Waals surface area contributed by atoms with E-state index in [1.54, 1.807) is 5.56 Å². The Bertz CT molecular complexity index is 6510. The van der Waals surface area contributed by atoms with Crippen LogP contribution in [-0.4, -0.2) is 16.5 Å². The minimum Gasteiger partial charge on any atom is -0.311 e. The van der Waals surface area contributed by atoms with Gasteiger partial charge in [-0.2, -0.15) is 0 Å². The molecule has 620 valence electrons. The summed E-state index contributed by atoms with van der Waals surface area (Å²) in [6.07, 6.45) is 14.9. The quantitative estimate of drug-likeness (QED) is 0.0993. The fourth-order valence-corrected chi connectivity index (χ4v) is 29.6. The molecule has 4 nitrogen and oxygen atoms in total. The van der Waals surface area contributed by atoms with E-state index < -0.39 is 0 Å². The highest BCUT2D eigenvalue weighted by molar-refractivity contribution is 14.4. The highest BCUT2D eigenvalue weighted by atomic mass is 127. The van der Waals surface area contributed by atoms with Crippen LogP contribution in [0.5, 0.6) is 0 Å². The normalized spacial score (nSPS) is 21.6. The van der Waals surface area contributed by atoms with Crippen LogP contribution in [0.25, 0.3) is 42.4 Å². The van der Waals surface area contributed by atoms with Gasteiger partial charge in [0.2, 0.25) is 0 Å². The molecule has 123 heavy (non-hydrogen) atoms. The Kier molecular flexibility index (Phi) is 21.9. The first kappa shape index (κ1) is 84.5. The van der Waals surface area contributed by atoms with Crippen molar-refractivity contribution in [2.45, 2.75) is 212 Å². The van der Waals surface area contributed by atoms with E-state index in [1.165, 1.54) is 212 Å². The fraction of sp³-hybridized carbons (Fsp3) is 0.296. The molecular formula is C108H103B2Cl2I3N4S4. The molecule has 22 rings (SSSR count). The topological polar surface area (TPSA) is 13.0 Å². The van der Waals surface area contributed by atoms with E-state index in [0.29, 0.717) is 5.02 Å². The molecule has 4 unspecified atom stereocenters. The maximum Gasteiger partial charge on any atom is 0.355 e. The molecule has 2 saturated carbocycles. The Labute approximate surface area is 796 Å². The third kappa shape index (κ3) is 14.3. The lowest BCUT2D eigenvalue weighted by molar-refractivity contribution is 0.260. The van der Waals surface area contributed by atoms with E-state index >= 15 is 0 Å². The molecule has 0 amide bonds. The van der Waals surface area contributed by atoms with Crippen molar-refractivity contribution in [2.75, 3.05) is 19.6 Å². The molecule has 4 atom stereocenters. The Balaban J connectivity index is 0.000000150. The Hall–Kier alpha value is -6.64. The lowest BCUT2D eigenvalue weighted by Crippen LogP contribution is -2.61. The van der Waals surface area contributed by atoms with Gasteiger partial charge in [0.1, 0.15) is 5.00 Å². The van der Waals surface area contributed by atoms with Gasteiger partial charge in [0, 0.05) is 100 Å². The van der Waals surface area contributed by atoms with Crippen molar-refractivity contribution in [3.8, 4) is 22.3 Å². The zero-order valence-corrected chi connectivity index (χ0v) is 83.5. The van der Waals surface area contributed by atoms with Crippen LogP contribution in [0.3, 0.4) is 0 Å². The second kappa shape index (κ2) is 31.9. The third-order valence-corrected chi connectivity index (χ3v) is 36.0. The number of nitrogens with zero attached hydrogens (tertiary/aromatic N) is 4. The molecule has 0 spiro atoms. The van der Waals surface area contributed by atoms with Crippen LogP contribution in [0.4, 0.5) is 66.9 Å². The highest BCUT2D eigenvalue weighted by Crippen LogP contribution is 2.67. The highest BCUT2D eigenvalue weighted by Gasteiger charge is 2.57. The van der Waals surface area contributed by atoms with E-state index in [0.717, 1.165) is 33.7 Å². The van der Waals surface area contributed by atoms with Gasteiger partial charge in [-0.3, -0.25) is 0 Å².